The Kier molecular flexibility index (Phi) is 5.48. The van der Waals surface area contributed by atoms with Gasteiger partial charge in [-0.2, -0.15) is 0 Å². The van der Waals surface area contributed by atoms with Gasteiger partial charge in [-0.05, 0) is 42.9 Å². The van der Waals surface area contributed by atoms with Crippen molar-refractivity contribution in [3.05, 3.63) is 54.1 Å². The van der Waals surface area contributed by atoms with Gasteiger partial charge in [0, 0.05) is 44.3 Å². The molecular formula is C19H25N5OS. The molecule has 0 saturated carbocycles. The highest BCUT2D eigenvalue weighted by Gasteiger charge is 2.39. The zero-order valence-corrected chi connectivity index (χ0v) is 15.6. The lowest BCUT2D eigenvalue weighted by atomic mass is 10.0. The Labute approximate surface area is 159 Å². The first-order valence-corrected chi connectivity index (χ1v) is 9.65. The second-order valence-electron chi connectivity index (χ2n) is 6.75. The molecule has 2 aromatic heterocycles. The summed E-state index contributed by atoms with van der Waals surface area (Å²) in [6.45, 7) is 5.75. The molecule has 2 saturated heterocycles. The van der Waals surface area contributed by atoms with Gasteiger partial charge in [0.05, 0.1) is 31.0 Å². The number of ether oxygens (including phenoxy) is 1. The molecule has 7 heteroatoms. The van der Waals surface area contributed by atoms with E-state index in [1.54, 1.807) is 0 Å². The van der Waals surface area contributed by atoms with Gasteiger partial charge in [-0.15, -0.1) is 0 Å². The Morgan fingerprint density at radius 1 is 1.15 bits per heavy atom. The number of morpholine rings is 1. The van der Waals surface area contributed by atoms with Crippen LogP contribution < -0.4 is 5.32 Å². The normalized spacial score (nSPS) is 24.0. The SMILES string of the molecule is S=C1N[C@@H](c2ccccn2)[C@H](c2ccc[nH]2)N1CCCN1CCOCC1. The van der Waals surface area contributed by atoms with Crippen LogP contribution in [0.1, 0.15) is 29.9 Å². The van der Waals surface area contributed by atoms with E-state index in [-0.39, 0.29) is 12.1 Å². The summed E-state index contributed by atoms with van der Waals surface area (Å²) in [5, 5.41) is 4.30. The Hall–Kier alpha value is -1.96. The maximum absolute atomic E-state index is 5.68. The first kappa shape index (κ1) is 17.5. The van der Waals surface area contributed by atoms with Crippen molar-refractivity contribution < 1.29 is 4.74 Å². The van der Waals surface area contributed by atoms with E-state index >= 15 is 0 Å². The molecule has 138 valence electrons. The highest BCUT2D eigenvalue weighted by Crippen LogP contribution is 2.37. The summed E-state index contributed by atoms with van der Waals surface area (Å²) in [5.74, 6) is 0. The number of aromatic amines is 1. The summed E-state index contributed by atoms with van der Waals surface area (Å²) in [6.07, 6.45) is 4.89. The van der Waals surface area contributed by atoms with E-state index in [1.807, 2.05) is 30.6 Å². The predicted molar refractivity (Wildman–Crippen MR) is 105 cm³/mol. The van der Waals surface area contributed by atoms with E-state index in [0.717, 1.165) is 56.6 Å². The molecule has 0 spiro atoms. The number of pyridine rings is 1. The molecule has 0 bridgehead atoms. The van der Waals surface area contributed by atoms with E-state index in [0.29, 0.717) is 0 Å². The average Bonchev–Trinajstić information content (AvgIpc) is 3.32. The van der Waals surface area contributed by atoms with Gasteiger partial charge in [0.25, 0.3) is 0 Å². The maximum atomic E-state index is 5.68. The third-order valence-electron chi connectivity index (χ3n) is 5.12. The van der Waals surface area contributed by atoms with Crippen molar-refractivity contribution in [2.45, 2.75) is 18.5 Å². The topological polar surface area (TPSA) is 56.4 Å². The van der Waals surface area contributed by atoms with Gasteiger partial charge in [0.1, 0.15) is 0 Å². The Morgan fingerprint density at radius 3 is 2.77 bits per heavy atom. The van der Waals surface area contributed by atoms with Gasteiger partial charge in [-0.25, -0.2) is 0 Å². The molecule has 0 amide bonds. The monoisotopic (exact) mass is 371 g/mol. The number of thiocarbonyl (C=S) groups is 1. The van der Waals surface area contributed by atoms with Crippen molar-refractivity contribution in [1.82, 2.24) is 25.1 Å². The highest BCUT2D eigenvalue weighted by atomic mass is 32.1. The molecule has 26 heavy (non-hydrogen) atoms. The van der Waals surface area contributed by atoms with Crippen LogP contribution >= 0.6 is 12.2 Å². The number of hydrogen-bond donors (Lipinski definition) is 2. The van der Waals surface area contributed by atoms with E-state index in [1.165, 1.54) is 5.69 Å². The maximum Gasteiger partial charge on any atom is 0.170 e. The van der Waals surface area contributed by atoms with Crippen LogP contribution in [0, 0.1) is 0 Å². The lowest BCUT2D eigenvalue weighted by Crippen LogP contribution is -2.39. The van der Waals surface area contributed by atoms with Crippen molar-refractivity contribution in [2.75, 3.05) is 39.4 Å². The lowest BCUT2D eigenvalue weighted by molar-refractivity contribution is 0.0365. The number of nitrogens with zero attached hydrogens (tertiary/aromatic N) is 3. The van der Waals surface area contributed by atoms with E-state index in [9.17, 15) is 0 Å². The lowest BCUT2D eigenvalue weighted by Gasteiger charge is -2.30. The first-order valence-electron chi connectivity index (χ1n) is 9.24. The molecule has 2 atom stereocenters. The molecule has 0 aliphatic carbocycles. The number of rotatable bonds is 6. The van der Waals surface area contributed by atoms with E-state index in [4.69, 9.17) is 17.0 Å². The minimum Gasteiger partial charge on any atom is -0.379 e. The highest BCUT2D eigenvalue weighted by molar-refractivity contribution is 7.80. The summed E-state index contributed by atoms with van der Waals surface area (Å²) in [7, 11) is 0. The Morgan fingerprint density at radius 2 is 2.04 bits per heavy atom. The molecule has 0 radical (unpaired) electrons. The molecule has 0 aromatic carbocycles. The Balaban J connectivity index is 1.48. The van der Waals surface area contributed by atoms with Gasteiger partial charge in [0.2, 0.25) is 0 Å². The van der Waals surface area contributed by atoms with E-state index < -0.39 is 0 Å². The third-order valence-corrected chi connectivity index (χ3v) is 5.47. The number of nitrogens with one attached hydrogen (secondary N) is 2. The molecule has 2 aromatic rings. The van der Waals surface area contributed by atoms with Crippen LogP contribution in [0.15, 0.2) is 42.7 Å². The van der Waals surface area contributed by atoms with Gasteiger partial charge in [0.15, 0.2) is 5.11 Å². The minimum absolute atomic E-state index is 0.0609. The molecule has 6 nitrogen and oxygen atoms in total. The van der Waals surface area contributed by atoms with Crippen molar-refractivity contribution in [3.63, 3.8) is 0 Å². The van der Waals surface area contributed by atoms with Gasteiger partial charge in [-0.3, -0.25) is 9.88 Å². The standard InChI is InChI=1S/C19H25N5OS/c26-19-22-17(15-5-1-2-7-20-15)18(16-6-3-8-21-16)24(19)10-4-9-23-11-13-25-14-12-23/h1-3,5-8,17-18,21H,4,9-14H2,(H,22,26)/t17-,18-/m0/s1. The fourth-order valence-electron chi connectivity index (χ4n) is 3.80. The molecule has 4 heterocycles. The Bertz CT molecular complexity index is 702. The summed E-state index contributed by atoms with van der Waals surface area (Å²) < 4.78 is 5.43. The van der Waals surface area contributed by atoms with Gasteiger partial charge in [-0.1, -0.05) is 6.07 Å². The van der Waals surface area contributed by atoms with Crippen molar-refractivity contribution >= 4 is 17.3 Å². The van der Waals surface area contributed by atoms with Crippen LogP contribution in [0.2, 0.25) is 0 Å². The number of hydrogen-bond acceptors (Lipinski definition) is 4. The molecule has 2 aliphatic rings. The summed E-state index contributed by atoms with van der Waals surface area (Å²) in [5.41, 5.74) is 2.18. The van der Waals surface area contributed by atoms with Gasteiger partial charge >= 0.3 is 0 Å². The number of aromatic nitrogens is 2. The molecule has 2 fully saturated rings. The van der Waals surface area contributed by atoms with Crippen LogP contribution in [-0.2, 0) is 4.74 Å². The van der Waals surface area contributed by atoms with Crippen LogP contribution in [0.5, 0.6) is 0 Å². The molecular weight excluding hydrogens is 346 g/mol. The number of H-pyrrole nitrogens is 1. The first-order chi connectivity index (χ1) is 12.8. The van der Waals surface area contributed by atoms with Crippen LogP contribution in [-0.4, -0.2) is 64.3 Å². The predicted octanol–water partition coefficient (Wildman–Crippen LogP) is 2.10. The summed E-state index contributed by atoms with van der Waals surface area (Å²) in [6, 6.07) is 10.4. The van der Waals surface area contributed by atoms with Crippen molar-refractivity contribution in [1.29, 1.82) is 0 Å². The fourth-order valence-corrected chi connectivity index (χ4v) is 4.13. The smallest absolute Gasteiger partial charge is 0.170 e. The largest absolute Gasteiger partial charge is 0.379 e. The zero-order valence-electron chi connectivity index (χ0n) is 14.8. The van der Waals surface area contributed by atoms with Crippen LogP contribution in [0.3, 0.4) is 0 Å². The fraction of sp³-hybridized carbons (Fsp3) is 0.474. The van der Waals surface area contributed by atoms with Crippen LogP contribution in [0.25, 0.3) is 0 Å². The van der Waals surface area contributed by atoms with Gasteiger partial charge < -0.3 is 19.9 Å². The quantitative estimate of drug-likeness (QED) is 0.759. The van der Waals surface area contributed by atoms with Crippen LogP contribution in [0.4, 0.5) is 0 Å². The second kappa shape index (κ2) is 8.16. The summed E-state index contributed by atoms with van der Waals surface area (Å²) >= 11 is 5.68. The van der Waals surface area contributed by atoms with Crippen molar-refractivity contribution in [3.8, 4) is 0 Å². The molecule has 4 rings (SSSR count). The molecule has 2 N–H and O–H groups in total. The molecule has 0 unspecified atom stereocenters. The summed E-state index contributed by atoms with van der Waals surface area (Å²) in [4.78, 5) is 12.7. The average molecular weight is 372 g/mol. The zero-order chi connectivity index (χ0) is 17.8. The van der Waals surface area contributed by atoms with E-state index in [2.05, 4.69) is 37.2 Å². The third kappa shape index (κ3) is 3.75. The van der Waals surface area contributed by atoms with Crippen molar-refractivity contribution in [2.24, 2.45) is 0 Å². The second-order valence-corrected chi connectivity index (χ2v) is 7.14. The molecule has 2 aliphatic heterocycles. The minimum atomic E-state index is 0.0609.